The minimum Gasteiger partial charge on any atom is -0.493 e. The van der Waals surface area contributed by atoms with E-state index in [0.29, 0.717) is 35.5 Å². The zero-order chi connectivity index (χ0) is 24.0. The molecule has 2 N–H and O–H groups in total. The molecule has 4 rings (SSSR count). The quantitative estimate of drug-likeness (QED) is 0.436. The lowest BCUT2D eigenvalue weighted by Crippen LogP contribution is -2.20. The van der Waals surface area contributed by atoms with Gasteiger partial charge >= 0.3 is 6.03 Å². The van der Waals surface area contributed by atoms with E-state index in [-0.39, 0.29) is 5.41 Å². The Morgan fingerprint density at radius 3 is 2.59 bits per heavy atom. The number of benzene rings is 2. The molecular weight excluding hydrogens is 430 g/mol. The number of nitrogens with zero attached hydrogens (tertiary/aromatic N) is 1. The number of ether oxygens (including phenoxy) is 3. The fourth-order valence-electron chi connectivity index (χ4n) is 3.69. The highest BCUT2D eigenvalue weighted by molar-refractivity contribution is 6.00. The lowest BCUT2D eigenvalue weighted by Gasteiger charge is -2.22. The summed E-state index contributed by atoms with van der Waals surface area (Å²) in [6, 6.07) is 18.3. The van der Waals surface area contributed by atoms with Crippen LogP contribution >= 0.6 is 0 Å². The molecule has 0 bridgehead atoms. The number of carbonyl (C=O) groups is 1. The third-order valence-corrected chi connectivity index (χ3v) is 5.54. The Morgan fingerprint density at radius 2 is 1.85 bits per heavy atom. The SMILES string of the molecule is CC(C)(C)c1ccccc1Oc1ncccc1NC(=O)Nc1ccc(OCC2CCOC2)cc1. The molecule has 1 aromatic heterocycles. The number of aromatic nitrogens is 1. The molecule has 2 amide bonds. The molecule has 1 fully saturated rings. The molecule has 0 radical (unpaired) electrons. The highest BCUT2D eigenvalue weighted by Gasteiger charge is 2.20. The van der Waals surface area contributed by atoms with Gasteiger partial charge in [-0.05, 0) is 54.3 Å². The molecule has 2 heterocycles. The summed E-state index contributed by atoms with van der Waals surface area (Å²) in [5, 5.41) is 5.66. The molecule has 1 saturated heterocycles. The maximum absolute atomic E-state index is 12.6. The second-order valence-corrected chi connectivity index (χ2v) is 9.35. The van der Waals surface area contributed by atoms with Crippen molar-refractivity contribution in [2.75, 3.05) is 30.5 Å². The van der Waals surface area contributed by atoms with Gasteiger partial charge < -0.3 is 24.8 Å². The number of nitrogens with one attached hydrogen (secondary N) is 2. The first kappa shape index (κ1) is 23.6. The van der Waals surface area contributed by atoms with Gasteiger partial charge in [-0.3, -0.25) is 0 Å². The van der Waals surface area contributed by atoms with Crippen LogP contribution in [0.3, 0.4) is 0 Å². The van der Waals surface area contributed by atoms with Crippen LogP contribution in [0.1, 0.15) is 32.8 Å². The molecule has 0 aliphatic carbocycles. The minimum absolute atomic E-state index is 0.100. The smallest absolute Gasteiger partial charge is 0.323 e. The van der Waals surface area contributed by atoms with Crippen LogP contribution in [-0.2, 0) is 10.2 Å². The van der Waals surface area contributed by atoms with Gasteiger partial charge in [0, 0.05) is 30.0 Å². The van der Waals surface area contributed by atoms with E-state index in [2.05, 4.69) is 36.4 Å². The fourth-order valence-corrected chi connectivity index (χ4v) is 3.69. The molecule has 7 nitrogen and oxygen atoms in total. The summed E-state index contributed by atoms with van der Waals surface area (Å²) in [6.45, 7) is 8.56. The zero-order valence-electron chi connectivity index (χ0n) is 19.8. The number of anilines is 2. The van der Waals surface area contributed by atoms with Gasteiger partial charge in [-0.15, -0.1) is 0 Å². The van der Waals surface area contributed by atoms with Crippen molar-refractivity contribution < 1.29 is 19.0 Å². The predicted molar refractivity (Wildman–Crippen MR) is 133 cm³/mol. The van der Waals surface area contributed by atoms with Crippen LogP contribution in [0.2, 0.25) is 0 Å². The van der Waals surface area contributed by atoms with E-state index < -0.39 is 6.03 Å². The minimum atomic E-state index is -0.390. The number of urea groups is 1. The summed E-state index contributed by atoms with van der Waals surface area (Å²) in [7, 11) is 0. The van der Waals surface area contributed by atoms with Gasteiger partial charge in [-0.25, -0.2) is 9.78 Å². The fraction of sp³-hybridized carbons (Fsp3) is 0.333. The highest BCUT2D eigenvalue weighted by atomic mass is 16.5. The van der Waals surface area contributed by atoms with Crippen molar-refractivity contribution in [3.63, 3.8) is 0 Å². The molecule has 3 aromatic rings. The van der Waals surface area contributed by atoms with E-state index in [1.807, 2.05) is 36.4 Å². The Balaban J connectivity index is 1.38. The summed E-state index contributed by atoms with van der Waals surface area (Å²) in [6.07, 6.45) is 2.66. The molecule has 7 heteroatoms. The molecule has 178 valence electrons. The number of pyridine rings is 1. The van der Waals surface area contributed by atoms with E-state index in [4.69, 9.17) is 14.2 Å². The van der Waals surface area contributed by atoms with Crippen molar-refractivity contribution in [2.24, 2.45) is 5.92 Å². The molecule has 0 spiro atoms. The van der Waals surface area contributed by atoms with Gasteiger partial charge in [0.2, 0.25) is 5.88 Å². The molecule has 0 saturated carbocycles. The number of rotatable bonds is 7. The molecular formula is C27H31N3O4. The summed E-state index contributed by atoms with van der Waals surface area (Å²) >= 11 is 0. The van der Waals surface area contributed by atoms with E-state index in [9.17, 15) is 4.79 Å². The Kier molecular flexibility index (Phi) is 7.33. The third kappa shape index (κ3) is 6.26. The first-order chi connectivity index (χ1) is 16.4. The van der Waals surface area contributed by atoms with Gasteiger partial charge in [-0.2, -0.15) is 0 Å². The van der Waals surface area contributed by atoms with E-state index in [0.717, 1.165) is 30.9 Å². The summed E-state index contributed by atoms with van der Waals surface area (Å²) in [5.41, 5.74) is 2.08. The topological polar surface area (TPSA) is 81.7 Å². The maximum atomic E-state index is 12.6. The summed E-state index contributed by atoms with van der Waals surface area (Å²) in [4.78, 5) is 17.0. The average Bonchev–Trinajstić information content (AvgIpc) is 3.33. The van der Waals surface area contributed by atoms with Crippen molar-refractivity contribution >= 4 is 17.4 Å². The van der Waals surface area contributed by atoms with Crippen molar-refractivity contribution in [2.45, 2.75) is 32.6 Å². The van der Waals surface area contributed by atoms with Crippen LogP contribution < -0.4 is 20.1 Å². The van der Waals surface area contributed by atoms with E-state index in [1.54, 1.807) is 30.5 Å². The Morgan fingerprint density at radius 1 is 1.06 bits per heavy atom. The van der Waals surface area contributed by atoms with Crippen molar-refractivity contribution in [3.05, 3.63) is 72.4 Å². The third-order valence-electron chi connectivity index (χ3n) is 5.54. The van der Waals surface area contributed by atoms with Crippen molar-refractivity contribution in [1.29, 1.82) is 0 Å². The number of hydrogen-bond donors (Lipinski definition) is 2. The van der Waals surface area contributed by atoms with Crippen LogP contribution in [0.4, 0.5) is 16.2 Å². The van der Waals surface area contributed by atoms with Gasteiger partial charge in [0.25, 0.3) is 0 Å². The largest absolute Gasteiger partial charge is 0.493 e. The number of para-hydroxylation sites is 1. The molecule has 1 aliphatic rings. The zero-order valence-corrected chi connectivity index (χ0v) is 19.8. The molecule has 2 aromatic carbocycles. The summed E-state index contributed by atoms with van der Waals surface area (Å²) < 4.78 is 17.3. The Labute approximate surface area is 200 Å². The standard InChI is InChI=1S/C27H31N3O4/c1-27(2,3)22-7-4-5-9-24(22)34-25-23(8-6-15-28-25)30-26(31)29-20-10-12-21(13-11-20)33-18-19-14-16-32-17-19/h4-13,15,19H,14,16-18H2,1-3H3,(H2,29,30,31). The lowest BCUT2D eigenvalue weighted by atomic mass is 9.86. The second-order valence-electron chi connectivity index (χ2n) is 9.35. The van der Waals surface area contributed by atoms with Crippen LogP contribution in [0.25, 0.3) is 0 Å². The Hall–Kier alpha value is -3.58. The number of carbonyl (C=O) groups excluding carboxylic acids is 1. The van der Waals surface area contributed by atoms with Crippen molar-refractivity contribution in [1.82, 2.24) is 4.98 Å². The molecule has 1 aliphatic heterocycles. The van der Waals surface area contributed by atoms with Crippen molar-refractivity contribution in [3.8, 4) is 17.4 Å². The normalized spacial score (nSPS) is 15.6. The molecule has 34 heavy (non-hydrogen) atoms. The first-order valence-electron chi connectivity index (χ1n) is 11.5. The van der Waals surface area contributed by atoms with Gasteiger partial charge in [0.15, 0.2) is 0 Å². The predicted octanol–water partition coefficient (Wildman–Crippen LogP) is 6.23. The second kappa shape index (κ2) is 10.6. The maximum Gasteiger partial charge on any atom is 0.323 e. The summed E-state index contributed by atoms with van der Waals surface area (Å²) in [5.74, 6) is 2.24. The Bertz CT molecular complexity index is 1100. The number of amides is 2. The average molecular weight is 462 g/mol. The first-order valence-corrected chi connectivity index (χ1v) is 11.5. The van der Waals surface area contributed by atoms with E-state index >= 15 is 0 Å². The van der Waals surface area contributed by atoms with E-state index in [1.165, 1.54) is 0 Å². The number of hydrogen-bond acceptors (Lipinski definition) is 5. The lowest BCUT2D eigenvalue weighted by molar-refractivity contribution is 0.167. The van der Waals surface area contributed by atoms with Gasteiger partial charge in [-0.1, -0.05) is 39.0 Å². The van der Waals surface area contributed by atoms with Crippen LogP contribution in [0.15, 0.2) is 66.9 Å². The van der Waals surface area contributed by atoms with Crippen LogP contribution in [0, 0.1) is 5.92 Å². The van der Waals surface area contributed by atoms with Crippen LogP contribution in [-0.4, -0.2) is 30.8 Å². The molecule has 1 unspecified atom stereocenters. The highest BCUT2D eigenvalue weighted by Crippen LogP contribution is 2.35. The van der Waals surface area contributed by atoms with Gasteiger partial charge in [0.05, 0.1) is 13.2 Å². The monoisotopic (exact) mass is 461 g/mol. The van der Waals surface area contributed by atoms with Gasteiger partial charge in [0.1, 0.15) is 17.2 Å². The van der Waals surface area contributed by atoms with Crippen LogP contribution in [0.5, 0.6) is 17.4 Å². The molecule has 1 atom stereocenters.